The molecule has 1 amide bonds. The molecular formula is C34H35FN2O2. The number of amides is 1. The summed E-state index contributed by atoms with van der Waals surface area (Å²) in [6, 6.07) is 31.9. The quantitative estimate of drug-likeness (QED) is 0.264. The van der Waals surface area contributed by atoms with Gasteiger partial charge in [0.25, 0.3) is 5.91 Å². The van der Waals surface area contributed by atoms with E-state index in [9.17, 15) is 9.18 Å². The molecule has 0 spiro atoms. The van der Waals surface area contributed by atoms with Gasteiger partial charge >= 0.3 is 0 Å². The summed E-state index contributed by atoms with van der Waals surface area (Å²) in [5.41, 5.74) is 7.04. The summed E-state index contributed by atoms with van der Waals surface area (Å²) in [5.74, 6) is 0.156. The number of carbonyl (C=O) groups excluding carboxylic acids is 1. The minimum atomic E-state index is -0.640. The topological polar surface area (TPSA) is 41.6 Å². The fourth-order valence-electron chi connectivity index (χ4n) is 5.40. The number of aryl methyl sites for hydroxylation is 1. The molecule has 0 saturated heterocycles. The Labute approximate surface area is 230 Å². The molecule has 5 heteroatoms. The number of hydrogen-bond acceptors (Lipinski definition) is 3. The first kappa shape index (κ1) is 26.6. The Kier molecular flexibility index (Phi) is 8.38. The van der Waals surface area contributed by atoms with E-state index in [1.165, 1.54) is 39.9 Å². The van der Waals surface area contributed by atoms with Gasteiger partial charge in [-0.25, -0.2) is 4.39 Å². The normalized spacial score (nSPS) is 15.8. The lowest BCUT2D eigenvalue weighted by Gasteiger charge is -2.38. The number of ether oxygens (including phenoxy) is 1. The molecule has 2 atom stereocenters. The molecule has 0 bridgehead atoms. The highest BCUT2D eigenvalue weighted by atomic mass is 19.1. The van der Waals surface area contributed by atoms with E-state index in [0.717, 1.165) is 19.5 Å². The zero-order valence-corrected chi connectivity index (χ0v) is 22.6. The fourth-order valence-corrected chi connectivity index (χ4v) is 5.40. The molecule has 5 rings (SSSR count). The Morgan fingerprint density at radius 1 is 0.974 bits per heavy atom. The van der Waals surface area contributed by atoms with Crippen LogP contribution in [0.25, 0.3) is 0 Å². The van der Waals surface area contributed by atoms with E-state index in [1.54, 1.807) is 12.1 Å². The molecule has 0 unspecified atom stereocenters. The molecule has 0 fully saturated rings. The fraction of sp³-hybridized carbons (Fsp3) is 0.265. The minimum Gasteiger partial charge on any atom is -0.481 e. The van der Waals surface area contributed by atoms with Gasteiger partial charge in [-0.1, -0.05) is 85.3 Å². The lowest BCUT2D eigenvalue weighted by atomic mass is 9.87. The van der Waals surface area contributed by atoms with Crippen molar-refractivity contribution in [1.82, 2.24) is 10.2 Å². The van der Waals surface area contributed by atoms with Gasteiger partial charge in [0.1, 0.15) is 11.6 Å². The lowest BCUT2D eigenvalue weighted by Crippen LogP contribution is -2.38. The zero-order chi connectivity index (χ0) is 27.2. The third kappa shape index (κ3) is 6.55. The van der Waals surface area contributed by atoms with E-state index in [4.69, 9.17) is 4.74 Å². The minimum absolute atomic E-state index is 0.0842. The van der Waals surface area contributed by atoms with Crippen LogP contribution >= 0.6 is 0 Å². The van der Waals surface area contributed by atoms with Crippen LogP contribution in [0.4, 0.5) is 4.39 Å². The molecule has 200 valence electrons. The predicted octanol–water partition coefficient (Wildman–Crippen LogP) is 6.76. The first-order valence-electron chi connectivity index (χ1n) is 13.7. The summed E-state index contributed by atoms with van der Waals surface area (Å²) in [6.45, 7) is 6.13. The maximum absolute atomic E-state index is 13.5. The number of fused-ring (bicyclic) bond motifs is 1. The Bertz CT molecular complexity index is 1420. The lowest BCUT2D eigenvalue weighted by molar-refractivity contribution is -0.128. The van der Waals surface area contributed by atoms with Crippen LogP contribution in [-0.2, 0) is 24.3 Å². The molecule has 1 aliphatic rings. The van der Waals surface area contributed by atoms with Crippen LogP contribution in [0.2, 0.25) is 0 Å². The number of rotatable bonds is 9. The molecule has 4 aromatic rings. The number of carbonyl (C=O) groups is 1. The molecular weight excluding hydrogens is 487 g/mol. The third-order valence-corrected chi connectivity index (χ3v) is 7.33. The molecule has 0 radical (unpaired) electrons. The second kappa shape index (κ2) is 12.3. The monoisotopic (exact) mass is 522 g/mol. The second-order valence-electron chi connectivity index (χ2n) is 10.2. The van der Waals surface area contributed by atoms with Crippen LogP contribution in [0.1, 0.15) is 52.8 Å². The molecule has 4 nitrogen and oxygen atoms in total. The van der Waals surface area contributed by atoms with Crippen molar-refractivity contribution in [3.63, 3.8) is 0 Å². The number of hydrogen-bond donors (Lipinski definition) is 1. The molecule has 4 aromatic carbocycles. The second-order valence-corrected chi connectivity index (χ2v) is 10.2. The number of nitrogens with zero attached hydrogens (tertiary/aromatic N) is 1. The summed E-state index contributed by atoms with van der Waals surface area (Å²) in [6.07, 6.45) is 0.836. The highest BCUT2D eigenvalue weighted by molar-refractivity contribution is 5.81. The third-order valence-electron chi connectivity index (χ3n) is 7.33. The van der Waals surface area contributed by atoms with Crippen LogP contribution in [0.5, 0.6) is 5.75 Å². The van der Waals surface area contributed by atoms with Crippen molar-refractivity contribution in [2.24, 2.45) is 0 Å². The van der Waals surface area contributed by atoms with Crippen molar-refractivity contribution in [3.8, 4) is 5.75 Å². The van der Waals surface area contributed by atoms with Crippen LogP contribution in [-0.4, -0.2) is 23.5 Å². The van der Waals surface area contributed by atoms with E-state index in [-0.39, 0.29) is 24.3 Å². The van der Waals surface area contributed by atoms with Crippen LogP contribution in [0.15, 0.2) is 97.1 Å². The number of halogens is 1. The number of nitrogens with one attached hydrogen (secondary N) is 1. The van der Waals surface area contributed by atoms with Crippen molar-refractivity contribution in [3.05, 3.63) is 136 Å². The van der Waals surface area contributed by atoms with Gasteiger partial charge in [0.2, 0.25) is 0 Å². The van der Waals surface area contributed by atoms with Gasteiger partial charge in [0, 0.05) is 19.6 Å². The molecule has 0 aliphatic carbocycles. The Morgan fingerprint density at radius 3 is 2.54 bits per heavy atom. The molecule has 39 heavy (non-hydrogen) atoms. The van der Waals surface area contributed by atoms with Gasteiger partial charge in [-0.15, -0.1) is 0 Å². The van der Waals surface area contributed by atoms with Crippen LogP contribution in [0, 0.1) is 12.7 Å². The van der Waals surface area contributed by atoms with E-state index >= 15 is 0 Å². The van der Waals surface area contributed by atoms with Crippen molar-refractivity contribution < 1.29 is 13.9 Å². The maximum Gasteiger partial charge on any atom is 0.261 e. The average molecular weight is 523 g/mol. The Hall–Kier alpha value is -3.96. The van der Waals surface area contributed by atoms with Gasteiger partial charge < -0.3 is 10.1 Å². The smallest absolute Gasteiger partial charge is 0.261 e. The summed E-state index contributed by atoms with van der Waals surface area (Å²) < 4.78 is 19.8. The highest BCUT2D eigenvalue weighted by Crippen LogP contribution is 2.38. The first-order chi connectivity index (χ1) is 19.0. The van der Waals surface area contributed by atoms with E-state index < -0.39 is 6.10 Å². The molecule has 0 aromatic heterocycles. The van der Waals surface area contributed by atoms with E-state index in [1.807, 2.05) is 19.1 Å². The summed E-state index contributed by atoms with van der Waals surface area (Å²) in [5, 5.41) is 2.89. The molecule has 1 heterocycles. The van der Waals surface area contributed by atoms with Crippen LogP contribution < -0.4 is 10.1 Å². The standard InChI is InChI=1S/C34H35FN2O2/c1-3-32(34(38)36-22-25-10-8-14-29(35)20-25)39-30-16-15-27-17-18-37(23-26-11-7-9-24(2)19-26)33(31(27)21-30)28-12-5-4-6-13-28/h4-16,19-21,32-33H,3,17-18,22-23H2,1-2H3,(H,36,38)/t32-,33-/m0/s1. The molecule has 1 N–H and O–H groups in total. The largest absolute Gasteiger partial charge is 0.481 e. The van der Waals surface area contributed by atoms with Crippen molar-refractivity contribution >= 4 is 5.91 Å². The molecule has 0 saturated carbocycles. The van der Waals surface area contributed by atoms with Crippen molar-refractivity contribution in [2.45, 2.75) is 51.9 Å². The van der Waals surface area contributed by atoms with Gasteiger partial charge in [-0.05, 0) is 71.8 Å². The predicted molar refractivity (Wildman–Crippen MR) is 153 cm³/mol. The SMILES string of the molecule is CC[C@H](Oc1ccc2c(c1)[C@H](c1ccccc1)N(Cc1cccc(C)c1)CC2)C(=O)NCc1cccc(F)c1. The maximum atomic E-state index is 13.5. The Balaban J connectivity index is 1.37. The van der Waals surface area contributed by atoms with Crippen molar-refractivity contribution in [2.75, 3.05) is 6.54 Å². The highest BCUT2D eigenvalue weighted by Gasteiger charge is 2.30. The zero-order valence-electron chi connectivity index (χ0n) is 22.6. The molecule has 1 aliphatic heterocycles. The number of benzene rings is 4. The van der Waals surface area contributed by atoms with Gasteiger partial charge in [0.15, 0.2) is 6.10 Å². The summed E-state index contributed by atoms with van der Waals surface area (Å²) in [7, 11) is 0. The van der Waals surface area contributed by atoms with E-state index in [0.29, 0.717) is 17.7 Å². The van der Waals surface area contributed by atoms with Gasteiger partial charge in [0.05, 0.1) is 6.04 Å². The van der Waals surface area contributed by atoms with Crippen molar-refractivity contribution in [1.29, 1.82) is 0 Å². The van der Waals surface area contributed by atoms with Crippen LogP contribution in [0.3, 0.4) is 0 Å². The average Bonchev–Trinajstić information content (AvgIpc) is 2.95. The summed E-state index contributed by atoms with van der Waals surface area (Å²) in [4.78, 5) is 15.5. The summed E-state index contributed by atoms with van der Waals surface area (Å²) >= 11 is 0. The Morgan fingerprint density at radius 2 is 1.77 bits per heavy atom. The van der Waals surface area contributed by atoms with Gasteiger partial charge in [-0.2, -0.15) is 0 Å². The van der Waals surface area contributed by atoms with Gasteiger partial charge in [-0.3, -0.25) is 9.69 Å². The van der Waals surface area contributed by atoms with E-state index in [2.05, 4.69) is 77.8 Å². The first-order valence-corrected chi connectivity index (χ1v) is 13.7.